The maximum absolute atomic E-state index is 8.98. The first-order valence-electron chi connectivity index (χ1n) is 6.98. The third kappa shape index (κ3) is 3.59. The summed E-state index contributed by atoms with van der Waals surface area (Å²) >= 11 is 0. The van der Waals surface area contributed by atoms with Gasteiger partial charge >= 0.3 is 0 Å². The highest BCUT2D eigenvalue weighted by Crippen LogP contribution is 2.24. The number of pyridine rings is 1. The fourth-order valence-corrected chi connectivity index (χ4v) is 2.31. The van der Waals surface area contributed by atoms with Gasteiger partial charge in [-0.15, -0.1) is 0 Å². The molecule has 4 nitrogen and oxygen atoms in total. The predicted octanol–water partition coefficient (Wildman–Crippen LogP) is 2.87. The Bertz CT molecular complexity index is 645. The van der Waals surface area contributed by atoms with Gasteiger partial charge in [0.25, 0.3) is 0 Å². The minimum atomic E-state index is 0.238. The molecule has 0 aliphatic rings. The van der Waals surface area contributed by atoms with Crippen molar-refractivity contribution in [1.82, 2.24) is 10.3 Å². The third-order valence-electron chi connectivity index (χ3n) is 3.55. The van der Waals surface area contributed by atoms with Crippen molar-refractivity contribution >= 4 is 5.82 Å². The number of nitrogens with zero attached hydrogens (tertiary/aromatic N) is 3. The van der Waals surface area contributed by atoms with Gasteiger partial charge in [-0.2, -0.15) is 5.26 Å². The van der Waals surface area contributed by atoms with Gasteiger partial charge in [0, 0.05) is 31.4 Å². The lowest BCUT2D eigenvalue weighted by Crippen LogP contribution is -2.22. The molecule has 21 heavy (non-hydrogen) atoms. The van der Waals surface area contributed by atoms with E-state index in [1.807, 2.05) is 50.6 Å². The van der Waals surface area contributed by atoms with Crippen molar-refractivity contribution in [2.24, 2.45) is 0 Å². The van der Waals surface area contributed by atoms with E-state index in [1.165, 1.54) is 5.56 Å². The Hall–Kier alpha value is -2.38. The first-order chi connectivity index (χ1) is 10.2. The minimum Gasteiger partial charge on any atom is -0.355 e. The first-order valence-corrected chi connectivity index (χ1v) is 6.98. The fraction of sp³-hybridized carbons (Fsp3) is 0.294. The van der Waals surface area contributed by atoms with Crippen LogP contribution in [0.4, 0.5) is 5.82 Å². The molecule has 0 amide bonds. The van der Waals surface area contributed by atoms with Crippen LogP contribution in [0.25, 0.3) is 0 Å². The zero-order chi connectivity index (χ0) is 15.2. The summed E-state index contributed by atoms with van der Waals surface area (Å²) in [5.74, 6) is 0.960. The van der Waals surface area contributed by atoms with E-state index in [4.69, 9.17) is 5.26 Å². The largest absolute Gasteiger partial charge is 0.355 e. The molecule has 0 radical (unpaired) electrons. The van der Waals surface area contributed by atoms with E-state index in [-0.39, 0.29) is 6.04 Å². The predicted molar refractivity (Wildman–Crippen MR) is 85.0 cm³/mol. The molecule has 1 aromatic carbocycles. The van der Waals surface area contributed by atoms with Gasteiger partial charge in [0.1, 0.15) is 5.82 Å². The Morgan fingerprint density at radius 2 is 2.14 bits per heavy atom. The zero-order valence-electron chi connectivity index (χ0n) is 12.7. The van der Waals surface area contributed by atoms with Gasteiger partial charge in [-0.05, 0) is 37.7 Å². The molecule has 1 aromatic heterocycles. The average molecular weight is 280 g/mol. The van der Waals surface area contributed by atoms with Crippen LogP contribution < -0.4 is 10.2 Å². The maximum Gasteiger partial charge on any atom is 0.133 e. The van der Waals surface area contributed by atoms with Gasteiger partial charge in [0.15, 0.2) is 0 Å². The summed E-state index contributed by atoms with van der Waals surface area (Å²) in [6.45, 7) is 2.83. The number of anilines is 1. The van der Waals surface area contributed by atoms with Gasteiger partial charge < -0.3 is 10.2 Å². The van der Waals surface area contributed by atoms with E-state index >= 15 is 0 Å². The van der Waals surface area contributed by atoms with E-state index in [0.717, 1.165) is 17.9 Å². The molecule has 0 spiro atoms. The average Bonchev–Trinajstić information content (AvgIpc) is 2.54. The lowest BCUT2D eigenvalue weighted by atomic mass is 10.1. The first kappa shape index (κ1) is 15.0. The van der Waals surface area contributed by atoms with Crippen LogP contribution in [0.5, 0.6) is 0 Å². The molecule has 1 atom stereocenters. The highest BCUT2D eigenvalue weighted by molar-refractivity contribution is 5.48. The lowest BCUT2D eigenvalue weighted by Gasteiger charge is -2.23. The molecule has 1 heterocycles. The second kappa shape index (κ2) is 6.87. The highest BCUT2D eigenvalue weighted by atomic mass is 15.2. The van der Waals surface area contributed by atoms with Crippen LogP contribution in [0.15, 0.2) is 42.6 Å². The highest BCUT2D eigenvalue weighted by Gasteiger charge is 2.13. The molecule has 1 unspecified atom stereocenters. The molecule has 1 N–H and O–H groups in total. The van der Waals surface area contributed by atoms with Gasteiger partial charge in [-0.1, -0.05) is 18.2 Å². The van der Waals surface area contributed by atoms with Crippen LogP contribution in [0, 0.1) is 11.3 Å². The minimum absolute atomic E-state index is 0.238. The Morgan fingerprint density at radius 3 is 2.86 bits per heavy atom. The van der Waals surface area contributed by atoms with Gasteiger partial charge in [-0.3, -0.25) is 0 Å². The number of rotatable bonds is 5. The molecule has 2 aromatic rings. The molecule has 0 aliphatic heterocycles. The molecular formula is C17H20N4. The van der Waals surface area contributed by atoms with Crippen LogP contribution in [0.3, 0.4) is 0 Å². The quantitative estimate of drug-likeness (QED) is 0.915. The van der Waals surface area contributed by atoms with Crippen LogP contribution in [0.1, 0.15) is 29.7 Å². The van der Waals surface area contributed by atoms with Crippen LogP contribution in [0.2, 0.25) is 0 Å². The Balaban J connectivity index is 2.24. The summed E-state index contributed by atoms with van der Waals surface area (Å²) in [6.07, 6.45) is 1.81. The number of nitrogens with one attached hydrogen (secondary N) is 1. The molecule has 0 fully saturated rings. The number of hydrogen-bond donors (Lipinski definition) is 1. The molecule has 4 heteroatoms. The fourth-order valence-electron chi connectivity index (χ4n) is 2.31. The summed E-state index contributed by atoms with van der Waals surface area (Å²) in [5, 5.41) is 12.2. The second-order valence-corrected chi connectivity index (χ2v) is 5.09. The Kier molecular flexibility index (Phi) is 4.91. The number of hydrogen-bond acceptors (Lipinski definition) is 4. The standard InChI is InChI=1S/C17H20N4/c1-13(19-2)16-8-5-9-20-17(16)21(3)12-15-7-4-6-14(10-15)11-18/h4-10,13,19H,12H2,1-3H3. The van der Waals surface area contributed by atoms with E-state index in [2.05, 4.69) is 34.3 Å². The number of nitriles is 1. The number of aromatic nitrogens is 1. The van der Waals surface area contributed by atoms with Gasteiger partial charge in [-0.25, -0.2) is 4.98 Å². The van der Waals surface area contributed by atoms with Crippen molar-refractivity contribution in [1.29, 1.82) is 5.26 Å². The van der Waals surface area contributed by atoms with Crippen molar-refractivity contribution in [3.8, 4) is 6.07 Å². The smallest absolute Gasteiger partial charge is 0.133 e. The monoisotopic (exact) mass is 280 g/mol. The van der Waals surface area contributed by atoms with Crippen molar-refractivity contribution in [3.63, 3.8) is 0 Å². The van der Waals surface area contributed by atoms with Crippen molar-refractivity contribution in [3.05, 3.63) is 59.3 Å². The Morgan fingerprint density at radius 1 is 1.33 bits per heavy atom. The molecule has 0 saturated heterocycles. The lowest BCUT2D eigenvalue weighted by molar-refractivity contribution is 0.646. The van der Waals surface area contributed by atoms with E-state index < -0.39 is 0 Å². The second-order valence-electron chi connectivity index (χ2n) is 5.09. The van der Waals surface area contributed by atoms with Crippen molar-refractivity contribution < 1.29 is 0 Å². The van der Waals surface area contributed by atoms with Crippen molar-refractivity contribution in [2.45, 2.75) is 19.5 Å². The van der Waals surface area contributed by atoms with Crippen LogP contribution >= 0.6 is 0 Å². The summed E-state index contributed by atoms with van der Waals surface area (Å²) < 4.78 is 0. The van der Waals surface area contributed by atoms with Crippen LogP contribution in [-0.4, -0.2) is 19.1 Å². The molecule has 0 aliphatic carbocycles. The number of benzene rings is 1. The molecule has 0 bridgehead atoms. The molecular weight excluding hydrogens is 260 g/mol. The topological polar surface area (TPSA) is 52.0 Å². The van der Waals surface area contributed by atoms with Crippen molar-refractivity contribution in [2.75, 3.05) is 19.0 Å². The normalized spacial score (nSPS) is 11.7. The summed E-state index contributed by atoms with van der Waals surface area (Å²) in [7, 11) is 3.96. The van der Waals surface area contributed by atoms with Crippen LogP contribution in [-0.2, 0) is 6.54 Å². The summed E-state index contributed by atoms with van der Waals surface area (Å²) in [5.41, 5.74) is 2.95. The summed E-state index contributed by atoms with van der Waals surface area (Å²) in [4.78, 5) is 6.62. The van der Waals surface area contributed by atoms with E-state index in [9.17, 15) is 0 Å². The SMILES string of the molecule is CNC(C)c1cccnc1N(C)Cc1cccc(C#N)c1. The van der Waals surface area contributed by atoms with Gasteiger partial charge in [0.05, 0.1) is 11.6 Å². The molecule has 2 rings (SSSR count). The van der Waals surface area contributed by atoms with Gasteiger partial charge in [0.2, 0.25) is 0 Å². The molecule has 0 saturated carbocycles. The maximum atomic E-state index is 8.98. The van der Waals surface area contributed by atoms with E-state index in [0.29, 0.717) is 5.56 Å². The zero-order valence-corrected chi connectivity index (χ0v) is 12.7. The van der Waals surface area contributed by atoms with E-state index in [1.54, 1.807) is 0 Å². The third-order valence-corrected chi connectivity index (χ3v) is 3.55. The Labute approximate surface area is 126 Å². The summed E-state index contributed by atoms with van der Waals surface area (Å²) in [6, 6.07) is 14.1. The molecule has 108 valence electrons.